The molecule has 1 aromatic carbocycles. The van der Waals surface area contributed by atoms with E-state index in [4.69, 9.17) is 0 Å². The van der Waals surface area contributed by atoms with Gasteiger partial charge in [-0.05, 0) is 30.4 Å². The third-order valence-electron chi connectivity index (χ3n) is 4.62. The molecular weight excluding hydrogens is 300 g/mol. The summed E-state index contributed by atoms with van der Waals surface area (Å²) < 4.78 is 0. The minimum absolute atomic E-state index is 0.273. The van der Waals surface area contributed by atoms with Crippen molar-refractivity contribution in [2.75, 3.05) is 13.6 Å². The third kappa shape index (κ3) is 5.25. The average molecular weight is 330 g/mol. The zero-order chi connectivity index (χ0) is 17.5. The standard InChI is InChI=1S/C19H30N4O/c1-14(2)15(3)22-19(20-4)21-12-16-7-9-17(10-8-16)13-23-11-5-6-18(23)24/h7-10,14-15H,5-6,11-13H2,1-4H3,(H2,20,21,22). The summed E-state index contributed by atoms with van der Waals surface area (Å²) in [7, 11) is 1.79. The molecular formula is C19H30N4O. The highest BCUT2D eigenvalue weighted by Gasteiger charge is 2.19. The van der Waals surface area contributed by atoms with Gasteiger partial charge in [-0.2, -0.15) is 0 Å². The van der Waals surface area contributed by atoms with Crippen LogP contribution in [0.2, 0.25) is 0 Å². The molecule has 1 unspecified atom stereocenters. The van der Waals surface area contributed by atoms with Crippen molar-refractivity contribution in [2.45, 2.75) is 52.7 Å². The Hall–Kier alpha value is -2.04. The lowest BCUT2D eigenvalue weighted by molar-refractivity contribution is -0.128. The molecule has 1 heterocycles. The van der Waals surface area contributed by atoms with Gasteiger partial charge in [-0.3, -0.25) is 9.79 Å². The van der Waals surface area contributed by atoms with Gasteiger partial charge >= 0.3 is 0 Å². The maximum atomic E-state index is 11.7. The van der Waals surface area contributed by atoms with Crippen LogP contribution in [0.1, 0.15) is 44.7 Å². The number of hydrogen-bond donors (Lipinski definition) is 2. The minimum Gasteiger partial charge on any atom is -0.354 e. The molecule has 1 fully saturated rings. The first-order valence-electron chi connectivity index (χ1n) is 8.82. The van der Waals surface area contributed by atoms with Crippen LogP contribution in [0, 0.1) is 5.92 Å². The number of nitrogens with one attached hydrogen (secondary N) is 2. The molecule has 0 spiro atoms. The zero-order valence-electron chi connectivity index (χ0n) is 15.3. The molecule has 0 bridgehead atoms. The highest BCUT2D eigenvalue weighted by atomic mass is 16.2. The van der Waals surface area contributed by atoms with E-state index >= 15 is 0 Å². The molecule has 0 saturated carbocycles. The monoisotopic (exact) mass is 330 g/mol. The summed E-state index contributed by atoms with van der Waals surface area (Å²) in [6.07, 6.45) is 1.69. The molecule has 5 heteroatoms. The maximum Gasteiger partial charge on any atom is 0.222 e. The first kappa shape index (κ1) is 18.3. The van der Waals surface area contributed by atoms with Crippen LogP contribution in [0.3, 0.4) is 0 Å². The Balaban J connectivity index is 1.83. The van der Waals surface area contributed by atoms with Crippen LogP contribution in [0.15, 0.2) is 29.3 Å². The Kier molecular flexibility index (Phi) is 6.64. The van der Waals surface area contributed by atoms with E-state index in [0.29, 0.717) is 18.4 Å². The predicted molar refractivity (Wildman–Crippen MR) is 98.7 cm³/mol. The van der Waals surface area contributed by atoms with E-state index in [-0.39, 0.29) is 5.91 Å². The van der Waals surface area contributed by atoms with Gasteiger partial charge in [0, 0.05) is 39.1 Å². The van der Waals surface area contributed by atoms with Crippen LogP contribution in [-0.4, -0.2) is 36.4 Å². The Morgan fingerprint density at radius 1 is 1.21 bits per heavy atom. The van der Waals surface area contributed by atoms with E-state index < -0.39 is 0 Å². The van der Waals surface area contributed by atoms with E-state index in [1.165, 1.54) is 11.1 Å². The van der Waals surface area contributed by atoms with Gasteiger partial charge in [-0.25, -0.2) is 0 Å². The van der Waals surface area contributed by atoms with Gasteiger partial charge in [0.2, 0.25) is 5.91 Å². The molecule has 1 saturated heterocycles. The summed E-state index contributed by atoms with van der Waals surface area (Å²) in [5.74, 6) is 1.65. The highest BCUT2D eigenvalue weighted by Crippen LogP contribution is 2.14. The molecule has 1 amide bonds. The molecule has 0 radical (unpaired) electrons. The Labute approximate surface area is 145 Å². The molecule has 132 valence electrons. The molecule has 1 aliphatic heterocycles. The van der Waals surface area contributed by atoms with E-state index in [0.717, 1.165) is 32.0 Å². The molecule has 24 heavy (non-hydrogen) atoms. The van der Waals surface area contributed by atoms with Gasteiger partial charge in [0.05, 0.1) is 0 Å². The third-order valence-corrected chi connectivity index (χ3v) is 4.62. The smallest absolute Gasteiger partial charge is 0.222 e. The second-order valence-corrected chi connectivity index (χ2v) is 6.84. The summed E-state index contributed by atoms with van der Waals surface area (Å²) in [4.78, 5) is 17.9. The fourth-order valence-corrected chi connectivity index (χ4v) is 2.62. The number of benzene rings is 1. The van der Waals surface area contributed by atoms with E-state index in [1.807, 2.05) is 4.90 Å². The molecule has 1 aliphatic rings. The van der Waals surface area contributed by atoms with E-state index in [9.17, 15) is 4.79 Å². The van der Waals surface area contributed by atoms with Gasteiger partial charge in [-0.1, -0.05) is 38.1 Å². The topological polar surface area (TPSA) is 56.7 Å². The SMILES string of the molecule is CN=C(NCc1ccc(CN2CCCC2=O)cc1)NC(C)C(C)C. The van der Waals surface area contributed by atoms with Crippen molar-refractivity contribution >= 4 is 11.9 Å². The fraction of sp³-hybridized carbons (Fsp3) is 0.579. The van der Waals surface area contributed by atoms with Gasteiger partial charge in [-0.15, -0.1) is 0 Å². The number of hydrogen-bond acceptors (Lipinski definition) is 2. The van der Waals surface area contributed by atoms with Gasteiger partial charge in [0.1, 0.15) is 0 Å². The lowest BCUT2D eigenvalue weighted by Crippen LogP contribution is -2.43. The first-order chi connectivity index (χ1) is 11.5. The predicted octanol–water partition coefficient (Wildman–Crippen LogP) is 2.52. The van der Waals surface area contributed by atoms with E-state index in [1.54, 1.807) is 7.05 Å². The minimum atomic E-state index is 0.273. The molecule has 1 aromatic rings. The summed E-state index contributed by atoms with van der Waals surface area (Å²) >= 11 is 0. The van der Waals surface area contributed by atoms with Crippen molar-refractivity contribution in [1.29, 1.82) is 0 Å². The quantitative estimate of drug-likeness (QED) is 0.622. The number of guanidine groups is 1. The fourth-order valence-electron chi connectivity index (χ4n) is 2.62. The van der Waals surface area contributed by atoms with Crippen molar-refractivity contribution in [3.63, 3.8) is 0 Å². The van der Waals surface area contributed by atoms with E-state index in [2.05, 4.69) is 60.7 Å². The lowest BCUT2D eigenvalue weighted by atomic mass is 10.1. The highest BCUT2D eigenvalue weighted by molar-refractivity contribution is 5.80. The van der Waals surface area contributed by atoms with Crippen LogP contribution < -0.4 is 10.6 Å². The Morgan fingerprint density at radius 2 is 1.88 bits per heavy atom. The number of amides is 1. The summed E-state index contributed by atoms with van der Waals surface area (Å²) in [6, 6.07) is 8.81. The van der Waals surface area contributed by atoms with Crippen LogP contribution in [0.25, 0.3) is 0 Å². The number of aliphatic imine (C=N–C) groups is 1. The number of likely N-dealkylation sites (tertiary alicyclic amines) is 1. The molecule has 0 aliphatic carbocycles. The Morgan fingerprint density at radius 3 is 2.42 bits per heavy atom. The summed E-state index contributed by atoms with van der Waals surface area (Å²) in [5.41, 5.74) is 2.39. The van der Waals surface area contributed by atoms with Crippen molar-refractivity contribution in [2.24, 2.45) is 10.9 Å². The largest absolute Gasteiger partial charge is 0.354 e. The number of carbonyl (C=O) groups excluding carboxylic acids is 1. The average Bonchev–Trinajstić information content (AvgIpc) is 2.97. The van der Waals surface area contributed by atoms with Crippen molar-refractivity contribution < 1.29 is 4.79 Å². The second kappa shape index (κ2) is 8.71. The van der Waals surface area contributed by atoms with Crippen LogP contribution in [0.5, 0.6) is 0 Å². The Bertz CT molecular complexity index is 565. The zero-order valence-corrected chi connectivity index (χ0v) is 15.3. The van der Waals surface area contributed by atoms with Crippen LogP contribution in [-0.2, 0) is 17.9 Å². The van der Waals surface area contributed by atoms with Crippen molar-refractivity contribution in [1.82, 2.24) is 15.5 Å². The maximum absolute atomic E-state index is 11.7. The van der Waals surface area contributed by atoms with Gasteiger partial charge in [0.25, 0.3) is 0 Å². The molecule has 0 aromatic heterocycles. The number of rotatable bonds is 6. The van der Waals surface area contributed by atoms with Gasteiger partial charge < -0.3 is 15.5 Å². The lowest BCUT2D eigenvalue weighted by Gasteiger charge is -2.21. The normalized spacial score (nSPS) is 16.6. The summed E-state index contributed by atoms with van der Waals surface area (Å²) in [6.45, 7) is 8.88. The van der Waals surface area contributed by atoms with Crippen molar-refractivity contribution in [3.8, 4) is 0 Å². The van der Waals surface area contributed by atoms with Crippen LogP contribution >= 0.6 is 0 Å². The first-order valence-corrected chi connectivity index (χ1v) is 8.82. The number of carbonyl (C=O) groups is 1. The molecule has 5 nitrogen and oxygen atoms in total. The second-order valence-electron chi connectivity index (χ2n) is 6.84. The van der Waals surface area contributed by atoms with Crippen LogP contribution in [0.4, 0.5) is 0 Å². The molecule has 2 N–H and O–H groups in total. The van der Waals surface area contributed by atoms with Gasteiger partial charge in [0.15, 0.2) is 5.96 Å². The van der Waals surface area contributed by atoms with Crippen molar-refractivity contribution in [3.05, 3.63) is 35.4 Å². The summed E-state index contributed by atoms with van der Waals surface area (Å²) in [5, 5.41) is 6.74. The molecule has 1 atom stereocenters. The molecule has 2 rings (SSSR count). The number of nitrogens with zero attached hydrogens (tertiary/aromatic N) is 2.